The minimum Gasteiger partial charge on any atom is -0.469 e. The molecule has 0 saturated heterocycles. The molecule has 33 heavy (non-hydrogen) atoms. The van der Waals surface area contributed by atoms with E-state index in [1.807, 2.05) is 12.1 Å². The van der Waals surface area contributed by atoms with Crippen LogP contribution in [-0.4, -0.2) is 64.7 Å². The quantitative estimate of drug-likeness (QED) is 0.351. The van der Waals surface area contributed by atoms with Crippen LogP contribution in [-0.2, 0) is 22.4 Å². The third-order valence-electron chi connectivity index (χ3n) is 5.09. The van der Waals surface area contributed by atoms with Crippen LogP contribution in [0.1, 0.15) is 21.7 Å². The van der Waals surface area contributed by atoms with E-state index in [0.717, 1.165) is 6.29 Å². The number of aromatic nitrogens is 2. The standard InChI is InChI=1S/C25H26N4O4/c1-28(23(31)15-20-7-3-5-13-26-20)17-25(33-22-11-9-19(18-30)10-12-22)29(2)24(32)16-21-8-4-6-14-27-21/h3-14,18,25H,15-17H2,1-2H3. The minimum absolute atomic E-state index is 0.104. The summed E-state index contributed by atoms with van der Waals surface area (Å²) in [5.41, 5.74) is 1.82. The molecule has 2 amide bonds. The molecule has 1 atom stereocenters. The smallest absolute Gasteiger partial charge is 0.231 e. The first-order valence-electron chi connectivity index (χ1n) is 10.5. The first kappa shape index (κ1) is 23.6. The van der Waals surface area contributed by atoms with Crippen molar-refractivity contribution in [2.75, 3.05) is 20.6 Å². The van der Waals surface area contributed by atoms with Crippen LogP contribution < -0.4 is 4.74 Å². The number of nitrogens with zero attached hydrogens (tertiary/aromatic N) is 4. The van der Waals surface area contributed by atoms with E-state index in [-0.39, 0.29) is 31.2 Å². The SMILES string of the molecule is CN(CC(Oc1ccc(C=O)cc1)N(C)C(=O)Cc1ccccn1)C(=O)Cc1ccccn1. The minimum atomic E-state index is -0.749. The van der Waals surface area contributed by atoms with Gasteiger partial charge >= 0.3 is 0 Å². The Labute approximate surface area is 192 Å². The molecule has 3 rings (SSSR count). The largest absolute Gasteiger partial charge is 0.469 e. The Balaban J connectivity index is 1.73. The zero-order valence-electron chi connectivity index (χ0n) is 18.6. The van der Waals surface area contributed by atoms with Crippen molar-refractivity contribution in [1.82, 2.24) is 19.8 Å². The maximum absolute atomic E-state index is 12.9. The summed E-state index contributed by atoms with van der Waals surface area (Å²) in [6, 6.07) is 17.4. The van der Waals surface area contributed by atoms with E-state index >= 15 is 0 Å². The lowest BCUT2D eigenvalue weighted by molar-refractivity contribution is -0.141. The van der Waals surface area contributed by atoms with Crippen molar-refractivity contribution in [3.05, 3.63) is 90.0 Å². The van der Waals surface area contributed by atoms with Gasteiger partial charge in [0.1, 0.15) is 12.0 Å². The molecule has 8 nitrogen and oxygen atoms in total. The fraction of sp³-hybridized carbons (Fsp3) is 0.240. The number of carbonyl (C=O) groups excluding carboxylic acids is 3. The van der Waals surface area contributed by atoms with Gasteiger partial charge in [-0.25, -0.2) is 0 Å². The number of benzene rings is 1. The fourth-order valence-corrected chi connectivity index (χ4v) is 3.09. The predicted molar refractivity (Wildman–Crippen MR) is 123 cm³/mol. The molecule has 0 N–H and O–H groups in total. The lowest BCUT2D eigenvalue weighted by atomic mass is 10.2. The van der Waals surface area contributed by atoms with Crippen LogP contribution in [0.2, 0.25) is 0 Å². The van der Waals surface area contributed by atoms with Gasteiger partial charge in [0.25, 0.3) is 0 Å². The van der Waals surface area contributed by atoms with Crippen LogP contribution in [0.4, 0.5) is 0 Å². The number of hydrogen-bond acceptors (Lipinski definition) is 6. The molecular formula is C25H26N4O4. The molecule has 0 aliphatic carbocycles. The van der Waals surface area contributed by atoms with E-state index in [1.165, 1.54) is 9.80 Å². The van der Waals surface area contributed by atoms with Crippen LogP contribution in [0.5, 0.6) is 5.75 Å². The Morgan fingerprint density at radius 1 is 0.879 bits per heavy atom. The van der Waals surface area contributed by atoms with Crippen molar-refractivity contribution in [2.45, 2.75) is 19.1 Å². The molecule has 3 aromatic rings. The van der Waals surface area contributed by atoms with Gasteiger partial charge in [-0.15, -0.1) is 0 Å². The van der Waals surface area contributed by atoms with Gasteiger partial charge in [0, 0.05) is 43.4 Å². The van der Waals surface area contributed by atoms with Gasteiger partial charge in [-0.1, -0.05) is 12.1 Å². The second-order valence-corrected chi connectivity index (χ2v) is 7.53. The number of rotatable bonds is 10. The number of hydrogen-bond donors (Lipinski definition) is 0. The van der Waals surface area contributed by atoms with Crippen LogP contribution in [0, 0.1) is 0 Å². The first-order chi connectivity index (χ1) is 16.0. The Hall–Kier alpha value is -4.07. The molecule has 170 valence electrons. The topological polar surface area (TPSA) is 92.7 Å². The summed E-state index contributed by atoms with van der Waals surface area (Å²) in [5.74, 6) is 0.131. The third kappa shape index (κ3) is 6.96. The number of pyridine rings is 2. The highest BCUT2D eigenvalue weighted by Crippen LogP contribution is 2.16. The Morgan fingerprint density at radius 2 is 1.45 bits per heavy atom. The molecule has 2 aromatic heterocycles. The molecule has 1 aromatic carbocycles. The Morgan fingerprint density at radius 3 is 1.97 bits per heavy atom. The zero-order chi connectivity index (χ0) is 23.6. The van der Waals surface area contributed by atoms with E-state index in [4.69, 9.17) is 4.74 Å². The maximum atomic E-state index is 12.9. The van der Waals surface area contributed by atoms with Gasteiger partial charge in [-0.2, -0.15) is 0 Å². The summed E-state index contributed by atoms with van der Waals surface area (Å²) in [6.45, 7) is 0.144. The van der Waals surface area contributed by atoms with Gasteiger partial charge in [0.15, 0.2) is 6.23 Å². The highest BCUT2D eigenvalue weighted by Gasteiger charge is 2.25. The highest BCUT2D eigenvalue weighted by atomic mass is 16.5. The normalized spacial score (nSPS) is 11.3. The molecule has 0 radical (unpaired) electrons. The Kier molecular flexibility index (Phi) is 8.24. The van der Waals surface area contributed by atoms with Crippen molar-refractivity contribution in [2.24, 2.45) is 0 Å². The molecule has 8 heteroatoms. The summed E-state index contributed by atoms with van der Waals surface area (Å²) < 4.78 is 6.06. The van der Waals surface area contributed by atoms with Crippen molar-refractivity contribution in [3.63, 3.8) is 0 Å². The molecular weight excluding hydrogens is 420 g/mol. The van der Waals surface area contributed by atoms with Crippen LogP contribution >= 0.6 is 0 Å². The molecule has 1 unspecified atom stereocenters. The molecule has 0 aliphatic heterocycles. The van der Waals surface area contributed by atoms with E-state index in [1.54, 1.807) is 75.0 Å². The lowest BCUT2D eigenvalue weighted by Crippen LogP contribution is -2.49. The summed E-state index contributed by atoms with van der Waals surface area (Å²) in [7, 11) is 3.29. The predicted octanol–water partition coefficient (Wildman–Crippen LogP) is 2.40. The zero-order valence-corrected chi connectivity index (χ0v) is 18.6. The van der Waals surface area contributed by atoms with Gasteiger partial charge in [-0.05, 0) is 48.5 Å². The molecule has 0 saturated carbocycles. The number of ether oxygens (including phenoxy) is 1. The van der Waals surface area contributed by atoms with E-state index < -0.39 is 6.23 Å². The van der Waals surface area contributed by atoms with Crippen molar-refractivity contribution >= 4 is 18.1 Å². The first-order valence-corrected chi connectivity index (χ1v) is 10.5. The molecule has 0 spiro atoms. The molecule has 0 bridgehead atoms. The molecule has 2 heterocycles. The van der Waals surface area contributed by atoms with Crippen LogP contribution in [0.15, 0.2) is 73.1 Å². The number of aldehydes is 1. The average Bonchev–Trinajstić information content (AvgIpc) is 2.84. The van der Waals surface area contributed by atoms with Crippen molar-refractivity contribution in [1.29, 1.82) is 0 Å². The highest BCUT2D eigenvalue weighted by molar-refractivity contribution is 5.79. The van der Waals surface area contributed by atoms with Crippen molar-refractivity contribution in [3.8, 4) is 5.75 Å². The molecule has 0 aliphatic rings. The van der Waals surface area contributed by atoms with Gasteiger partial charge < -0.3 is 14.5 Å². The average molecular weight is 447 g/mol. The number of amides is 2. The second-order valence-electron chi connectivity index (χ2n) is 7.53. The summed E-state index contributed by atoms with van der Waals surface area (Å²) >= 11 is 0. The fourth-order valence-electron chi connectivity index (χ4n) is 3.09. The third-order valence-corrected chi connectivity index (χ3v) is 5.09. The van der Waals surface area contributed by atoms with Crippen LogP contribution in [0.25, 0.3) is 0 Å². The summed E-state index contributed by atoms with van der Waals surface area (Å²) in [4.78, 5) is 48.0. The van der Waals surface area contributed by atoms with Gasteiger partial charge in [0.2, 0.25) is 11.8 Å². The summed E-state index contributed by atoms with van der Waals surface area (Å²) in [5, 5.41) is 0. The maximum Gasteiger partial charge on any atom is 0.231 e. The van der Waals surface area contributed by atoms with Gasteiger partial charge in [-0.3, -0.25) is 24.4 Å². The Bertz CT molecular complexity index is 1060. The van der Waals surface area contributed by atoms with E-state index in [0.29, 0.717) is 22.7 Å². The van der Waals surface area contributed by atoms with E-state index in [2.05, 4.69) is 9.97 Å². The number of carbonyl (C=O) groups is 3. The second kappa shape index (κ2) is 11.5. The van der Waals surface area contributed by atoms with Crippen LogP contribution in [0.3, 0.4) is 0 Å². The lowest BCUT2D eigenvalue weighted by Gasteiger charge is -2.32. The van der Waals surface area contributed by atoms with E-state index in [9.17, 15) is 14.4 Å². The molecule has 0 fully saturated rings. The monoisotopic (exact) mass is 446 g/mol. The number of likely N-dealkylation sites (N-methyl/N-ethyl adjacent to an activating group) is 2. The van der Waals surface area contributed by atoms with Crippen molar-refractivity contribution < 1.29 is 19.1 Å². The summed E-state index contributed by atoms with van der Waals surface area (Å²) in [6.07, 6.45) is 3.52. The van der Waals surface area contributed by atoms with Gasteiger partial charge in [0.05, 0.1) is 19.4 Å².